The van der Waals surface area contributed by atoms with Gasteiger partial charge in [0.1, 0.15) is 0 Å². The molecule has 4 rings (SSSR count). The van der Waals surface area contributed by atoms with Crippen molar-refractivity contribution in [2.24, 2.45) is 5.92 Å². The molecule has 3 aliphatic rings. The topological polar surface area (TPSA) is 19.0 Å². The third kappa shape index (κ3) is 5.69. The number of piperazine rings is 1. The van der Waals surface area contributed by atoms with E-state index in [1.165, 1.54) is 75.1 Å². The van der Waals surface area contributed by atoms with E-state index in [0.29, 0.717) is 6.04 Å². The fourth-order valence-electron chi connectivity index (χ4n) is 5.66. The average Bonchev–Trinajstić information content (AvgIpc) is 2.87. The summed E-state index contributed by atoms with van der Waals surface area (Å²) in [5.41, 5.74) is 5.92. The van der Waals surface area contributed by atoms with Gasteiger partial charge in [-0.15, -0.1) is 0 Å². The predicted molar refractivity (Wildman–Crippen MR) is 138 cm³/mol. The van der Waals surface area contributed by atoms with E-state index in [4.69, 9.17) is 4.74 Å². The van der Waals surface area contributed by atoms with Gasteiger partial charge >= 0.3 is 0 Å². The summed E-state index contributed by atoms with van der Waals surface area (Å²) in [5, 5.41) is 0. The van der Waals surface area contributed by atoms with Gasteiger partial charge in [-0.2, -0.15) is 0 Å². The Bertz CT molecular complexity index is 747. The number of rotatable bonds is 8. The number of unbranched alkanes of at least 4 members (excludes halogenated alkanes) is 1. The molecule has 1 aromatic rings. The van der Waals surface area contributed by atoms with Crippen LogP contribution in [0.3, 0.4) is 0 Å². The summed E-state index contributed by atoms with van der Waals surface area (Å²) in [5.74, 6) is 0.873. The first-order valence-corrected chi connectivity index (χ1v) is 13.3. The summed E-state index contributed by atoms with van der Waals surface area (Å²) in [6.07, 6.45) is 12.6. The van der Waals surface area contributed by atoms with E-state index in [1.807, 2.05) is 0 Å². The van der Waals surface area contributed by atoms with Crippen LogP contribution in [0.5, 0.6) is 0 Å². The zero-order chi connectivity index (χ0) is 22.3. The Morgan fingerprint density at radius 3 is 2.47 bits per heavy atom. The molecule has 1 aromatic carbocycles. The molecule has 0 saturated carbocycles. The number of nitrogens with zero attached hydrogens (tertiary/aromatic N) is 3. The molecule has 2 saturated heterocycles. The second-order valence-corrected chi connectivity index (χ2v) is 10.1. The molecule has 4 nitrogen and oxygen atoms in total. The Kier molecular flexibility index (Phi) is 8.54. The van der Waals surface area contributed by atoms with E-state index >= 15 is 0 Å². The standard InChI is InChI=1S/C28H45N3O/c1-4-6-15-30-16-18-31(19-17-30)28-12-11-26(29(3)25-13-20-32-21-14-25)22-27(28)24-9-7-23(5-2)8-10-24/h9,11-12,22-23,25H,4-8,10,13-21H2,1-3H3. The van der Waals surface area contributed by atoms with Crippen molar-refractivity contribution in [3.8, 4) is 0 Å². The van der Waals surface area contributed by atoms with Crippen molar-refractivity contribution >= 4 is 16.9 Å². The molecule has 178 valence electrons. The summed E-state index contributed by atoms with van der Waals surface area (Å²) in [7, 11) is 2.28. The van der Waals surface area contributed by atoms with Crippen molar-refractivity contribution in [2.75, 3.05) is 62.8 Å². The zero-order valence-electron chi connectivity index (χ0n) is 20.8. The normalized spacial score (nSPS) is 23.3. The van der Waals surface area contributed by atoms with Gasteiger partial charge in [0.05, 0.1) is 0 Å². The molecular formula is C28H45N3O. The lowest BCUT2D eigenvalue weighted by molar-refractivity contribution is 0.0855. The largest absolute Gasteiger partial charge is 0.381 e. The van der Waals surface area contributed by atoms with Crippen LogP contribution in [0.15, 0.2) is 24.3 Å². The number of allylic oxidation sites excluding steroid dienone is 2. The monoisotopic (exact) mass is 439 g/mol. The molecule has 0 amide bonds. The maximum Gasteiger partial charge on any atom is 0.0485 e. The Morgan fingerprint density at radius 1 is 1.03 bits per heavy atom. The quantitative estimate of drug-likeness (QED) is 0.508. The number of ether oxygens (including phenoxy) is 1. The Balaban J connectivity index is 1.56. The summed E-state index contributed by atoms with van der Waals surface area (Å²) in [4.78, 5) is 7.82. The first-order valence-electron chi connectivity index (χ1n) is 13.3. The Hall–Kier alpha value is -1.52. The van der Waals surface area contributed by atoms with Crippen LogP contribution in [0.1, 0.15) is 70.8 Å². The number of anilines is 2. The van der Waals surface area contributed by atoms with Crippen LogP contribution < -0.4 is 9.80 Å². The molecule has 2 heterocycles. The highest BCUT2D eigenvalue weighted by atomic mass is 16.5. The van der Waals surface area contributed by atoms with Gasteiger partial charge in [0.15, 0.2) is 0 Å². The minimum Gasteiger partial charge on any atom is -0.381 e. The molecule has 4 heteroatoms. The maximum absolute atomic E-state index is 5.61. The van der Waals surface area contributed by atoms with Crippen molar-refractivity contribution < 1.29 is 4.74 Å². The molecule has 1 atom stereocenters. The summed E-state index contributed by atoms with van der Waals surface area (Å²) in [6.45, 7) is 12.4. The van der Waals surface area contributed by atoms with Crippen molar-refractivity contribution in [1.82, 2.24) is 4.90 Å². The van der Waals surface area contributed by atoms with Gasteiger partial charge in [-0.25, -0.2) is 0 Å². The van der Waals surface area contributed by atoms with Crippen LogP contribution in [-0.4, -0.2) is 63.9 Å². The third-order valence-corrected chi connectivity index (χ3v) is 8.11. The lowest BCUT2D eigenvalue weighted by Crippen LogP contribution is -2.47. The van der Waals surface area contributed by atoms with Crippen molar-refractivity contribution in [3.05, 3.63) is 29.8 Å². The molecule has 0 radical (unpaired) electrons. The number of hydrogen-bond acceptors (Lipinski definition) is 4. The van der Waals surface area contributed by atoms with Gasteiger partial charge in [0.25, 0.3) is 0 Å². The second-order valence-electron chi connectivity index (χ2n) is 10.1. The third-order valence-electron chi connectivity index (χ3n) is 8.11. The molecule has 2 aliphatic heterocycles. The molecule has 0 N–H and O–H groups in total. The van der Waals surface area contributed by atoms with E-state index in [2.05, 4.69) is 59.9 Å². The van der Waals surface area contributed by atoms with E-state index < -0.39 is 0 Å². The summed E-state index contributed by atoms with van der Waals surface area (Å²) >= 11 is 0. The van der Waals surface area contributed by atoms with E-state index in [1.54, 1.807) is 5.57 Å². The van der Waals surface area contributed by atoms with Crippen molar-refractivity contribution in [1.29, 1.82) is 0 Å². The van der Waals surface area contributed by atoms with Crippen molar-refractivity contribution in [2.45, 2.75) is 71.3 Å². The van der Waals surface area contributed by atoms with Crippen molar-refractivity contribution in [3.63, 3.8) is 0 Å². The first kappa shape index (κ1) is 23.6. The van der Waals surface area contributed by atoms with Gasteiger partial charge in [0.2, 0.25) is 0 Å². The fraction of sp³-hybridized carbons (Fsp3) is 0.714. The van der Waals surface area contributed by atoms with Crippen LogP contribution in [0.4, 0.5) is 11.4 Å². The SMILES string of the molecule is CCCCN1CCN(c2ccc(N(C)C3CCOCC3)cc2C2=CCC(CC)CC2)CC1. The van der Waals surface area contributed by atoms with E-state index in [0.717, 1.165) is 45.1 Å². The Labute approximate surface area is 196 Å². The number of benzene rings is 1. The smallest absolute Gasteiger partial charge is 0.0485 e. The van der Waals surface area contributed by atoms with E-state index in [9.17, 15) is 0 Å². The fourth-order valence-corrected chi connectivity index (χ4v) is 5.66. The average molecular weight is 440 g/mol. The minimum atomic E-state index is 0.592. The molecule has 0 bridgehead atoms. The van der Waals surface area contributed by atoms with Gasteiger partial charge < -0.3 is 14.5 Å². The van der Waals surface area contributed by atoms with Gasteiger partial charge in [-0.3, -0.25) is 4.90 Å². The Morgan fingerprint density at radius 2 is 1.81 bits per heavy atom. The molecule has 0 spiro atoms. The molecule has 1 unspecified atom stereocenters. The second kappa shape index (κ2) is 11.6. The minimum absolute atomic E-state index is 0.592. The lowest BCUT2D eigenvalue weighted by atomic mass is 9.84. The van der Waals surface area contributed by atoms with Crippen LogP contribution >= 0.6 is 0 Å². The van der Waals surface area contributed by atoms with Gasteiger partial charge in [-0.05, 0) is 74.8 Å². The molecule has 2 fully saturated rings. The molecule has 32 heavy (non-hydrogen) atoms. The van der Waals surface area contributed by atoms with E-state index in [-0.39, 0.29) is 0 Å². The van der Waals surface area contributed by atoms with Crippen LogP contribution in [-0.2, 0) is 4.74 Å². The number of hydrogen-bond donors (Lipinski definition) is 0. The van der Waals surface area contributed by atoms with Gasteiger partial charge in [-0.1, -0.05) is 32.8 Å². The molecular weight excluding hydrogens is 394 g/mol. The zero-order valence-corrected chi connectivity index (χ0v) is 20.8. The predicted octanol–water partition coefficient (Wildman–Crippen LogP) is 5.82. The van der Waals surface area contributed by atoms with Gasteiger partial charge in [0, 0.05) is 69.4 Å². The lowest BCUT2D eigenvalue weighted by Gasteiger charge is -2.38. The summed E-state index contributed by atoms with van der Waals surface area (Å²) < 4.78 is 5.61. The molecule has 1 aliphatic carbocycles. The van der Waals surface area contributed by atoms with Crippen LogP contribution in [0.2, 0.25) is 0 Å². The highest BCUT2D eigenvalue weighted by molar-refractivity contribution is 5.80. The molecule has 0 aromatic heterocycles. The van der Waals surface area contributed by atoms with Crippen LogP contribution in [0.25, 0.3) is 5.57 Å². The first-order chi connectivity index (χ1) is 15.7. The maximum atomic E-state index is 5.61. The summed E-state index contributed by atoms with van der Waals surface area (Å²) in [6, 6.07) is 7.89. The van der Waals surface area contributed by atoms with Crippen LogP contribution in [0, 0.1) is 5.92 Å². The highest BCUT2D eigenvalue weighted by Crippen LogP contribution is 2.39. The highest BCUT2D eigenvalue weighted by Gasteiger charge is 2.24.